The minimum atomic E-state index is 0.0609. The molecule has 0 N–H and O–H groups in total. The number of hydrogen-bond acceptors (Lipinski definition) is 5. The van der Waals surface area contributed by atoms with E-state index >= 15 is 0 Å². The van der Waals surface area contributed by atoms with Crippen molar-refractivity contribution in [2.24, 2.45) is 0 Å². The number of methoxy groups -OCH3 is 1. The zero-order valence-corrected chi connectivity index (χ0v) is 16.6. The number of aryl methyl sites for hydroxylation is 1. The molecule has 27 heavy (non-hydrogen) atoms. The highest BCUT2D eigenvalue weighted by molar-refractivity contribution is 7.99. The van der Waals surface area contributed by atoms with Crippen molar-refractivity contribution in [3.8, 4) is 17.1 Å². The van der Waals surface area contributed by atoms with Crippen molar-refractivity contribution in [3.05, 3.63) is 59.7 Å². The summed E-state index contributed by atoms with van der Waals surface area (Å²) in [6.07, 6.45) is 0.969. The fraction of sp³-hybridized carbons (Fsp3) is 0.286. The van der Waals surface area contributed by atoms with Crippen LogP contribution >= 0.6 is 11.8 Å². The van der Waals surface area contributed by atoms with Crippen LogP contribution in [-0.4, -0.2) is 33.4 Å². The normalized spacial score (nSPS) is 10.8. The molecule has 0 aliphatic carbocycles. The Hall–Kier alpha value is -2.60. The monoisotopic (exact) mass is 381 g/mol. The fourth-order valence-electron chi connectivity index (χ4n) is 2.81. The number of aromatic nitrogens is 3. The smallest absolute Gasteiger partial charge is 0.191 e. The molecule has 0 saturated carbocycles. The van der Waals surface area contributed by atoms with Crippen LogP contribution in [0.3, 0.4) is 0 Å². The summed E-state index contributed by atoms with van der Waals surface area (Å²) in [4.78, 5) is 12.5. The van der Waals surface area contributed by atoms with E-state index in [1.54, 1.807) is 31.4 Å². The standard InChI is InChI=1S/C21H23N3O2S/c1-4-12-24-20(17-7-5-6-15(2)13-17)22-23-21(24)27-14-19(25)16-8-10-18(26-3)11-9-16/h5-11,13H,4,12,14H2,1-3H3. The minimum absolute atomic E-state index is 0.0609. The van der Waals surface area contributed by atoms with E-state index in [2.05, 4.69) is 40.7 Å². The van der Waals surface area contributed by atoms with Gasteiger partial charge in [0.2, 0.25) is 0 Å². The Kier molecular flexibility index (Phi) is 6.29. The number of nitrogens with zero attached hydrogens (tertiary/aromatic N) is 3. The zero-order valence-electron chi connectivity index (χ0n) is 15.8. The number of benzene rings is 2. The second-order valence-electron chi connectivity index (χ2n) is 6.27. The molecule has 5 nitrogen and oxygen atoms in total. The minimum Gasteiger partial charge on any atom is -0.497 e. The van der Waals surface area contributed by atoms with Crippen LogP contribution in [0.2, 0.25) is 0 Å². The summed E-state index contributed by atoms with van der Waals surface area (Å²) in [5.41, 5.74) is 2.90. The predicted octanol–water partition coefficient (Wildman–Crippen LogP) is 4.65. The lowest BCUT2D eigenvalue weighted by Gasteiger charge is -2.09. The van der Waals surface area contributed by atoms with Crippen LogP contribution in [0.15, 0.2) is 53.7 Å². The molecule has 6 heteroatoms. The van der Waals surface area contributed by atoms with E-state index in [0.717, 1.165) is 35.3 Å². The molecule has 140 valence electrons. The van der Waals surface area contributed by atoms with E-state index in [1.807, 2.05) is 12.1 Å². The topological polar surface area (TPSA) is 57.0 Å². The number of thioether (sulfide) groups is 1. The Morgan fingerprint density at radius 1 is 1.15 bits per heavy atom. The van der Waals surface area contributed by atoms with Gasteiger partial charge in [-0.15, -0.1) is 10.2 Å². The SMILES string of the molecule is CCCn1c(SCC(=O)c2ccc(OC)cc2)nnc1-c1cccc(C)c1. The van der Waals surface area contributed by atoms with Gasteiger partial charge in [0.1, 0.15) is 5.75 Å². The molecule has 0 unspecified atom stereocenters. The average molecular weight is 382 g/mol. The maximum atomic E-state index is 12.5. The average Bonchev–Trinajstić information content (AvgIpc) is 3.09. The summed E-state index contributed by atoms with van der Waals surface area (Å²) in [7, 11) is 1.61. The van der Waals surface area contributed by atoms with E-state index in [0.29, 0.717) is 11.3 Å². The van der Waals surface area contributed by atoms with E-state index in [4.69, 9.17) is 4.74 Å². The third kappa shape index (κ3) is 4.57. The van der Waals surface area contributed by atoms with Crippen molar-refractivity contribution in [3.63, 3.8) is 0 Å². The van der Waals surface area contributed by atoms with Crippen LogP contribution in [0, 0.1) is 6.92 Å². The number of rotatable bonds is 8. The summed E-state index contributed by atoms with van der Waals surface area (Å²) in [6.45, 7) is 5.00. The summed E-state index contributed by atoms with van der Waals surface area (Å²) in [5.74, 6) is 1.97. The van der Waals surface area contributed by atoms with Crippen LogP contribution in [0.1, 0.15) is 29.3 Å². The van der Waals surface area contributed by atoms with Crippen molar-refractivity contribution < 1.29 is 9.53 Å². The molecule has 0 fully saturated rings. The molecule has 1 aromatic heterocycles. The largest absolute Gasteiger partial charge is 0.497 e. The number of Topliss-reactive ketones (excluding diaryl/α,β-unsaturated/α-hetero) is 1. The van der Waals surface area contributed by atoms with E-state index < -0.39 is 0 Å². The molecule has 0 atom stereocenters. The van der Waals surface area contributed by atoms with Crippen molar-refractivity contribution in [2.75, 3.05) is 12.9 Å². The first-order valence-corrected chi connectivity index (χ1v) is 9.91. The van der Waals surface area contributed by atoms with Gasteiger partial charge in [-0.2, -0.15) is 0 Å². The Morgan fingerprint density at radius 3 is 2.59 bits per heavy atom. The highest BCUT2D eigenvalue weighted by Gasteiger charge is 2.16. The first-order chi connectivity index (χ1) is 13.1. The van der Waals surface area contributed by atoms with Crippen LogP contribution in [0.4, 0.5) is 0 Å². The maximum Gasteiger partial charge on any atom is 0.191 e. The lowest BCUT2D eigenvalue weighted by Crippen LogP contribution is -2.06. The van der Waals surface area contributed by atoms with E-state index in [-0.39, 0.29) is 5.78 Å². The van der Waals surface area contributed by atoms with Crippen LogP contribution < -0.4 is 4.74 Å². The molecule has 0 aliphatic rings. The first kappa shape index (κ1) is 19.2. The molecule has 0 radical (unpaired) electrons. The second-order valence-corrected chi connectivity index (χ2v) is 7.21. The van der Waals surface area contributed by atoms with Crippen LogP contribution in [-0.2, 0) is 6.54 Å². The highest BCUT2D eigenvalue weighted by atomic mass is 32.2. The Bertz CT molecular complexity index is 919. The Morgan fingerprint density at radius 2 is 1.93 bits per heavy atom. The molecule has 0 saturated heterocycles. The third-order valence-corrected chi connectivity index (χ3v) is 5.15. The summed E-state index contributed by atoms with van der Waals surface area (Å²) in [6, 6.07) is 15.4. The van der Waals surface area contributed by atoms with Crippen LogP contribution in [0.5, 0.6) is 5.75 Å². The molecule has 0 aliphatic heterocycles. The van der Waals surface area contributed by atoms with Gasteiger partial charge in [0, 0.05) is 17.7 Å². The van der Waals surface area contributed by atoms with Crippen molar-refractivity contribution in [1.82, 2.24) is 14.8 Å². The lowest BCUT2D eigenvalue weighted by molar-refractivity contribution is 0.102. The Labute approximate surface area is 163 Å². The molecule has 2 aromatic carbocycles. The van der Waals surface area contributed by atoms with Crippen LogP contribution in [0.25, 0.3) is 11.4 Å². The van der Waals surface area contributed by atoms with Gasteiger partial charge in [-0.05, 0) is 43.7 Å². The molecular formula is C21H23N3O2S. The molecule has 3 rings (SSSR count). The number of carbonyl (C=O) groups is 1. The number of ketones is 1. The van der Waals surface area contributed by atoms with Gasteiger partial charge in [-0.1, -0.05) is 42.4 Å². The molecule has 0 amide bonds. The molecule has 3 aromatic rings. The highest BCUT2D eigenvalue weighted by Crippen LogP contribution is 2.25. The van der Waals surface area contributed by atoms with Gasteiger partial charge in [0.15, 0.2) is 16.8 Å². The predicted molar refractivity (Wildman–Crippen MR) is 109 cm³/mol. The van der Waals surface area contributed by atoms with E-state index in [9.17, 15) is 4.79 Å². The summed E-state index contributed by atoms with van der Waals surface area (Å²) in [5, 5.41) is 9.49. The number of carbonyl (C=O) groups excluding carboxylic acids is 1. The van der Waals surface area contributed by atoms with Crippen molar-refractivity contribution in [1.29, 1.82) is 0 Å². The molecule has 0 spiro atoms. The van der Waals surface area contributed by atoms with Gasteiger partial charge in [-0.3, -0.25) is 4.79 Å². The lowest BCUT2D eigenvalue weighted by atomic mass is 10.1. The van der Waals surface area contributed by atoms with Gasteiger partial charge in [-0.25, -0.2) is 0 Å². The maximum absolute atomic E-state index is 12.5. The fourth-order valence-corrected chi connectivity index (χ4v) is 3.67. The van der Waals surface area contributed by atoms with Gasteiger partial charge >= 0.3 is 0 Å². The second kappa shape index (κ2) is 8.86. The van der Waals surface area contributed by atoms with Gasteiger partial charge in [0.25, 0.3) is 0 Å². The molecule has 0 bridgehead atoms. The number of ether oxygens (including phenoxy) is 1. The van der Waals surface area contributed by atoms with Crippen molar-refractivity contribution in [2.45, 2.75) is 32.0 Å². The first-order valence-electron chi connectivity index (χ1n) is 8.92. The molecule has 1 heterocycles. The van der Waals surface area contributed by atoms with E-state index in [1.165, 1.54) is 17.3 Å². The number of hydrogen-bond donors (Lipinski definition) is 0. The summed E-state index contributed by atoms with van der Waals surface area (Å²) < 4.78 is 7.23. The summed E-state index contributed by atoms with van der Waals surface area (Å²) >= 11 is 1.43. The van der Waals surface area contributed by atoms with Crippen molar-refractivity contribution >= 4 is 17.5 Å². The van der Waals surface area contributed by atoms with Gasteiger partial charge < -0.3 is 9.30 Å². The van der Waals surface area contributed by atoms with Gasteiger partial charge in [0.05, 0.1) is 12.9 Å². The zero-order chi connectivity index (χ0) is 19.2. The molecular weight excluding hydrogens is 358 g/mol. The third-order valence-electron chi connectivity index (χ3n) is 4.18. The Balaban J connectivity index is 1.77. The quantitative estimate of drug-likeness (QED) is 0.420.